The molecule has 0 aliphatic heterocycles. The highest BCUT2D eigenvalue weighted by molar-refractivity contribution is 5.92. The lowest BCUT2D eigenvalue weighted by molar-refractivity contribution is -0.140. The van der Waals surface area contributed by atoms with Gasteiger partial charge in [-0.1, -0.05) is 6.07 Å². The first kappa shape index (κ1) is 11.2. The number of pyridine rings is 1. The number of benzene rings is 1. The van der Waals surface area contributed by atoms with Gasteiger partial charge in [-0.05, 0) is 25.1 Å². The van der Waals surface area contributed by atoms with Crippen LogP contribution in [0.4, 0.5) is 5.69 Å². The van der Waals surface area contributed by atoms with Crippen molar-refractivity contribution in [2.24, 2.45) is 0 Å². The van der Waals surface area contributed by atoms with Crippen LogP contribution >= 0.6 is 0 Å². The van der Waals surface area contributed by atoms with Crippen LogP contribution in [0.1, 0.15) is 13.0 Å². The fourth-order valence-corrected chi connectivity index (χ4v) is 1.74. The maximum Gasteiger partial charge on any atom is 0.326 e. The SMILES string of the molecule is CC(C(=O)O)n1ccc2c(N)cccc2c1=O. The number of nitrogens with two attached hydrogens (primary N) is 1. The number of carbonyl (C=O) groups is 1. The highest BCUT2D eigenvalue weighted by atomic mass is 16.4. The molecule has 0 saturated heterocycles. The van der Waals surface area contributed by atoms with Crippen LogP contribution in [-0.4, -0.2) is 15.6 Å². The molecule has 1 aromatic carbocycles. The normalized spacial score (nSPS) is 12.5. The first-order valence-electron chi connectivity index (χ1n) is 5.14. The third-order valence-corrected chi connectivity index (χ3v) is 2.78. The Kier molecular flexibility index (Phi) is 2.59. The van der Waals surface area contributed by atoms with E-state index in [0.29, 0.717) is 16.5 Å². The maximum absolute atomic E-state index is 12.1. The minimum Gasteiger partial charge on any atom is -0.480 e. The average Bonchev–Trinajstić information content (AvgIpc) is 2.30. The van der Waals surface area contributed by atoms with Crippen LogP contribution in [0.5, 0.6) is 0 Å². The van der Waals surface area contributed by atoms with Crippen LogP contribution in [0.2, 0.25) is 0 Å². The Morgan fingerprint density at radius 2 is 2.06 bits per heavy atom. The topological polar surface area (TPSA) is 85.3 Å². The van der Waals surface area contributed by atoms with Crippen molar-refractivity contribution in [1.29, 1.82) is 0 Å². The Hall–Kier alpha value is -2.30. The molecule has 5 heteroatoms. The molecule has 0 bridgehead atoms. The first-order valence-corrected chi connectivity index (χ1v) is 5.14. The van der Waals surface area contributed by atoms with E-state index in [1.165, 1.54) is 17.7 Å². The summed E-state index contributed by atoms with van der Waals surface area (Å²) >= 11 is 0. The number of nitrogens with zero attached hydrogens (tertiary/aromatic N) is 1. The van der Waals surface area contributed by atoms with Crippen LogP contribution < -0.4 is 11.3 Å². The van der Waals surface area contributed by atoms with Crippen molar-refractivity contribution in [2.75, 3.05) is 5.73 Å². The zero-order valence-corrected chi connectivity index (χ0v) is 9.25. The van der Waals surface area contributed by atoms with E-state index in [1.54, 1.807) is 24.3 Å². The maximum atomic E-state index is 12.1. The molecule has 0 amide bonds. The summed E-state index contributed by atoms with van der Waals surface area (Å²) in [6.07, 6.45) is 1.46. The number of aliphatic carboxylic acids is 1. The number of carboxylic acid groups (broad SMARTS) is 1. The minimum absolute atomic E-state index is 0.343. The number of hydrogen-bond acceptors (Lipinski definition) is 3. The number of anilines is 1. The Balaban J connectivity index is 2.75. The van der Waals surface area contributed by atoms with Gasteiger partial charge in [0.1, 0.15) is 6.04 Å². The average molecular weight is 232 g/mol. The van der Waals surface area contributed by atoms with Gasteiger partial charge in [0.2, 0.25) is 0 Å². The molecule has 3 N–H and O–H groups in total. The summed E-state index contributed by atoms with van der Waals surface area (Å²) in [4.78, 5) is 22.9. The summed E-state index contributed by atoms with van der Waals surface area (Å²) in [5.41, 5.74) is 5.91. The van der Waals surface area contributed by atoms with Gasteiger partial charge in [0.25, 0.3) is 5.56 Å². The van der Waals surface area contributed by atoms with Crippen molar-refractivity contribution in [1.82, 2.24) is 4.57 Å². The molecule has 0 radical (unpaired) electrons. The number of carboxylic acids is 1. The van der Waals surface area contributed by atoms with E-state index in [9.17, 15) is 9.59 Å². The van der Waals surface area contributed by atoms with Crippen molar-refractivity contribution in [3.8, 4) is 0 Å². The Morgan fingerprint density at radius 1 is 1.35 bits per heavy atom. The molecule has 0 aliphatic rings. The fraction of sp³-hybridized carbons (Fsp3) is 0.167. The lowest BCUT2D eigenvalue weighted by Gasteiger charge is -2.11. The van der Waals surface area contributed by atoms with Crippen molar-refractivity contribution >= 4 is 22.4 Å². The van der Waals surface area contributed by atoms with Crippen molar-refractivity contribution in [3.63, 3.8) is 0 Å². The summed E-state index contributed by atoms with van der Waals surface area (Å²) in [5.74, 6) is -1.05. The summed E-state index contributed by atoms with van der Waals surface area (Å²) in [5, 5.41) is 9.98. The molecule has 0 saturated carbocycles. The van der Waals surface area contributed by atoms with Crippen molar-refractivity contribution in [3.05, 3.63) is 40.8 Å². The third-order valence-electron chi connectivity index (χ3n) is 2.78. The van der Waals surface area contributed by atoms with Crippen LogP contribution in [-0.2, 0) is 4.79 Å². The Morgan fingerprint density at radius 3 is 2.71 bits per heavy atom. The monoisotopic (exact) mass is 232 g/mol. The molecule has 1 heterocycles. The number of hydrogen-bond donors (Lipinski definition) is 2. The molecular formula is C12H12N2O3. The van der Waals surface area contributed by atoms with Crippen LogP contribution in [0, 0.1) is 0 Å². The molecule has 88 valence electrons. The predicted molar refractivity (Wildman–Crippen MR) is 65.0 cm³/mol. The van der Waals surface area contributed by atoms with E-state index in [4.69, 9.17) is 10.8 Å². The lowest BCUT2D eigenvalue weighted by atomic mass is 10.1. The molecule has 5 nitrogen and oxygen atoms in total. The Bertz CT molecular complexity index is 646. The van der Waals surface area contributed by atoms with E-state index in [-0.39, 0.29) is 5.56 Å². The summed E-state index contributed by atoms with van der Waals surface area (Å²) in [6.45, 7) is 1.46. The molecule has 0 fully saturated rings. The van der Waals surface area contributed by atoms with Gasteiger partial charge < -0.3 is 15.4 Å². The summed E-state index contributed by atoms with van der Waals surface area (Å²) in [6, 6.07) is 5.78. The van der Waals surface area contributed by atoms with Gasteiger partial charge in [-0.15, -0.1) is 0 Å². The standard InChI is InChI=1S/C12H12N2O3/c1-7(12(16)17)14-6-5-8-9(11(14)15)3-2-4-10(8)13/h2-7H,13H2,1H3,(H,16,17). The van der Waals surface area contributed by atoms with E-state index >= 15 is 0 Å². The second kappa shape index (κ2) is 3.93. The number of rotatable bonds is 2. The van der Waals surface area contributed by atoms with Crippen LogP contribution in [0.25, 0.3) is 10.8 Å². The number of nitrogen functional groups attached to an aromatic ring is 1. The van der Waals surface area contributed by atoms with Gasteiger partial charge in [-0.3, -0.25) is 4.79 Å². The van der Waals surface area contributed by atoms with Crippen LogP contribution in [0.3, 0.4) is 0 Å². The van der Waals surface area contributed by atoms with Gasteiger partial charge in [0.15, 0.2) is 0 Å². The zero-order chi connectivity index (χ0) is 12.6. The lowest BCUT2D eigenvalue weighted by Crippen LogP contribution is -2.27. The molecule has 1 aromatic heterocycles. The smallest absolute Gasteiger partial charge is 0.326 e. The van der Waals surface area contributed by atoms with Gasteiger partial charge in [-0.25, -0.2) is 4.79 Å². The fourth-order valence-electron chi connectivity index (χ4n) is 1.74. The number of fused-ring (bicyclic) bond motifs is 1. The molecular weight excluding hydrogens is 220 g/mol. The first-order chi connectivity index (χ1) is 8.02. The minimum atomic E-state index is -1.05. The van der Waals surface area contributed by atoms with Gasteiger partial charge in [0, 0.05) is 22.7 Å². The largest absolute Gasteiger partial charge is 0.480 e. The van der Waals surface area contributed by atoms with Gasteiger partial charge in [0.05, 0.1) is 0 Å². The second-order valence-electron chi connectivity index (χ2n) is 3.85. The van der Waals surface area contributed by atoms with E-state index in [1.807, 2.05) is 0 Å². The molecule has 2 rings (SSSR count). The third kappa shape index (κ3) is 1.75. The quantitative estimate of drug-likeness (QED) is 0.762. The highest BCUT2D eigenvalue weighted by Crippen LogP contribution is 2.18. The molecule has 0 spiro atoms. The van der Waals surface area contributed by atoms with Crippen molar-refractivity contribution < 1.29 is 9.90 Å². The molecule has 2 aromatic rings. The number of aromatic nitrogens is 1. The zero-order valence-electron chi connectivity index (χ0n) is 9.25. The molecule has 0 aliphatic carbocycles. The Labute approximate surface area is 97.1 Å². The summed E-state index contributed by atoms with van der Waals surface area (Å²) < 4.78 is 1.18. The van der Waals surface area contributed by atoms with Gasteiger partial charge >= 0.3 is 5.97 Å². The summed E-state index contributed by atoms with van der Waals surface area (Å²) in [7, 11) is 0. The van der Waals surface area contributed by atoms with E-state index < -0.39 is 12.0 Å². The van der Waals surface area contributed by atoms with E-state index in [0.717, 1.165) is 0 Å². The van der Waals surface area contributed by atoms with Crippen LogP contribution in [0.15, 0.2) is 35.3 Å². The van der Waals surface area contributed by atoms with Gasteiger partial charge in [-0.2, -0.15) is 0 Å². The highest BCUT2D eigenvalue weighted by Gasteiger charge is 2.15. The van der Waals surface area contributed by atoms with E-state index in [2.05, 4.69) is 0 Å². The molecule has 1 unspecified atom stereocenters. The molecule has 17 heavy (non-hydrogen) atoms. The second-order valence-corrected chi connectivity index (χ2v) is 3.85. The molecule has 1 atom stereocenters. The van der Waals surface area contributed by atoms with Crippen molar-refractivity contribution in [2.45, 2.75) is 13.0 Å². The predicted octanol–water partition coefficient (Wildman–Crippen LogP) is 1.23.